The van der Waals surface area contributed by atoms with Crippen LogP contribution in [-0.2, 0) is 4.79 Å². The van der Waals surface area contributed by atoms with Crippen LogP contribution < -0.4 is 0 Å². The Bertz CT molecular complexity index is 695. The number of likely N-dealkylation sites (tertiary alicyclic amines) is 1. The summed E-state index contributed by atoms with van der Waals surface area (Å²) in [6, 6.07) is 6.75. The van der Waals surface area contributed by atoms with E-state index in [4.69, 9.17) is 5.11 Å². The van der Waals surface area contributed by atoms with Crippen LogP contribution in [0.25, 0.3) is 10.9 Å². The molecule has 1 amide bonds. The molecule has 2 heterocycles. The van der Waals surface area contributed by atoms with Gasteiger partial charge >= 0.3 is 5.97 Å². The van der Waals surface area contributed by atoms with E-state index in [1.807, 2.05) is 18.2 Å². The molecule has 0 spiro atoms. The molecule has 104 valence electrons. The summed E-state index contributed by atoms with van der Waals surface area (Å²) in [6.07, 6.45) is 1.25. The smallest absolute Gasteiger partial charge is 0.326 e. The third kappa shape index (κ3) is 2.20. The Balaban J connectivity index is 1.94. The van der Waals surface area contributed by atoms with Crippen LogP contribution in [-0.4, -0.2) is 39.5 Å². The number of rotatable bonds is 2. The van der Waals surface area contributed by atoms with E-state index >= 15 is 0 Å². The molecule has 1 fully saturated rings. The van der Waals surface area contributed by atoms with Crippen molar-refractivity contribution in [2.24, 2.45) is 0 Å². The van der Waals surface area contributed by atoms with Crippen molar-refractivity contribution in [3.8, 4) is 0 Å². The molecule has 1 aliphatic heterocycles. The summed E-state index contributed by atoms with van der Waals surface area (Å²) in [5, 5.41) is 10.1. The first-order chi connectivity index (χ1) is 9.56. The molecule has 3 rings (SSSR count). The van der Waals surface area contributed by atoms with Gasteiger partial charge in [0, 0.05) is 21.9 Å². The Labute approximate surface area is 123 Å². The number of nitrogens with zero attached hydrogens (tertiary/aromatic N) is 1. The summed E-state index contributed by atoms with van der Waals surface area (Å²) in [5.74, 6) is -1.18. The van der Waals surface area contributed by atoms with Gasteiger partial charge in [-0.15, -0.1) is 0 Å². The Kier molecular flexibility index (Phi) is 3.25. The summed E-state index contributed by atoms with van der Waals surface area (Å²) < 4.78 is 0.938. The summed E-state index contributed by atoms with van der Waals surface area (Å²) in [6.45, 7) is 0.495. The van der Waals surface area contributed by atoms with E-state index in [0.29, 0.717) is 18.7 Å². The van der Waals surface area contributed by atoms with E-state index in [2.05, 4.69) is 20.9 Å². The van der Waals surface area contributed by atoms with Crippen molar-refractivity contribution >= 4 is 38.7 Å². The number of hydrogen-bond donors (Lipinski definition) is 2. The number of carbonyl (C=O) groups excluding carboxylic acids is 1. The predicted molar refractivity (Wildman–Crippen MR) is 77.7 cm³/mol. The van der Waals surface area contributed by atoms with Crippen molar-refractivity contribution < 1.29 is 14.7 Å². The molecular weight excluding hydrogens is 324 g/mol. The number of carboxylic acids is 1. The molecule has 1 atom stereocenters. The molecule has 5 nitrogen and oxygen atoms in total. The first-order valence-corrected chi connectivity index (χ1v) is 7.17. The summed E-state index contributed by atoms with van der Waals surface area (Å²) in [4.78, 5) is 28.1. The van der Waals surface area contributed by atoms with Crippen LogP contribution in [0.1, 0.15) is 23.3 Å². The highest BCUT2D eigenvalue weighted by atomic mass is 79.9. The second kappa shape index (κ2) is 4.94. The molecule has 0 saturated carbocycles. The third-order valence-corrected chi connectivity index (χ3v) is 4.11. The number of benzene rings is 1. The van der Waals surface area contributed by atoms with Gasteiger partial charge in [0.2, 0.25) is 0 Å². The van der Waals surface area contributed by atoms with Crippen LogP contribution in [0.2, 0.25) is 0 Å². The quantitative estimate of drug-likeness (QED) is 0.885. The molecule has 1 aliphatic rings. The first-order valence-electron chi connectivity index (χ1n) is 6.38. The zero-order valence-corrected chi connectivity index (χ0v) is 12.2. The van der Waals surface area contributed by atoms with Crippen LogP contribution in [0, 0.1) is 0 Å². The number of aromatic nitrogens is 1. The normalized spacial score (nSPS) is 18.6. The van der Waals surface area contributed by atoms with E-state index in [-0.39, 0.29) is 5.91 Å². The molecule has 0 unspecified atom stereocenters. The highest BCUT2D eigenvalue weighted by Gasteiger charge is 2.34. The molecule has 2 N–H and O–H groups in total. The second-order valence-corrected chi connectivity index (χ2v) is 5.83. The number of fused-ring (bicyclic) bond motifs is 1. The Morgan fingerprint density at radius 2 is 2.15 bits per heavy atom. The van der Waals surface area contributed by atoms with Crippen molar-refractivity contribution in [3.63, 3.8) is 0 Å². The Morgan fingerprint density at radius 3 is 2.90 bits per heavy atom. The SMILES string of the molecule is O=C(O)[C@@H]1CCCN1C(=O)c1cc2cc(Br)ccc2[nH]1. The van der Waals surface area contributed by atoms with E-state index < -0.39 is 12.0 Å². The molecular formula is C14H13BrN2O3. The molecule has 1 aromatic heterocycles. The third-order valence-electron chi connectivity index (χ3n) is 3.61. The lowest BCUT2D eigenvalue weighted by molar-refractivity contribution is -0.141. The fourth-order valence-electron chi connectivity index (χ4n) is 2.64. The van der Waals surface area contributed by atoms with Crippen LogP contribution in [0.5, 0.6) is 0 Å². The van der Waals surface area contributed by atoms with Gasteiger partial charge in [-0.3, -0.25) is 4.79 Å². The van der Waals surface area contributed by atoms with E-state index in [0.717, 1.165) is 21.8 Å². The van der Waals surface area contributed by atoms with Gasteiger partial charge in [-0.1, -0.05) is 15.9 Å². The fraction of sp³-hybridized carbons (Fsp3) is 0.286. The Hall–Kier alpha value is -1.82. The van der Waals surface area contributed by atoms with Gasteiger partial charge in [0.25, 0.3) is 5.91 Å². The van der Waals surface area contributed by atoms with E-state index in [1.54, 1.807) is 6.07 Å². The lowest BCUT2D eigenvalue weighted by Crippen LogP contribution is -2.40. The second-order valence-electron chi connectivity index (χ2n) is 4.91. The van der Waals surface area contributed by atoms with Gasteiger partial charge in [-0.2, -0.15) is 0 Å². The highest BCUT2D eigenvalue weighted by molar-refractivity contribution is 9.10. The molecule has 20 heavy (non-hydrogen) atoms. The summed E-state index contributed by atoms with van der Waals surface area (Å²) >= 11 is 3.39. The van der Waals surface area contributed by atoms with Crippen LogP contribution >= 0.6 is 15.9 Å². The van der Waals surface area contributed by atoms with Crippen molar-refractivity contribution in [1.29, 1.82) is 0 Å². The largest absolute Gasteiger partial charge is 0.480 e. The topological polar surface area (TPSA) is 73.4 Å². The molecule has 1 aromatic carbocycles. The van der Waals surface area contributed by atoms with Crippen LogP contribution in [0.15, 0.2) is 28.7 Å². The zero-order chi connectivity index (χ0) is 14.3. The van der Waals surface area contributed by atoms with Gasteiger partial charge in [0.15, 0.2) is 0 Å². The minimum atomic E-state index is -0.935. The molecule has 0 aliphatic carbocycles. The van der Waals surface area contributed by atoms with E-state index in [9.17, 15) is 9.59 Å². The number of carbonyl (C=O) groups is 2. The van der Waals surface area contributed by atoms with Crippen LogP contribution in [0.3, 0.4) is 0 Å². The number of carboxylic acid groups (broad SMARTS) is 1. The average molecular weight is 337 g/mol. The summed E-state index contributed by atoms with van der Waals surface area (Å²) in [5.41, 5.74) is 1.30. The maximum absolute atomic E-state index is 12.4. The maximum Gasteiger partial charge on any atom is 0.326 e. The van der Waals surface area contributed by atoms with Crippen molar-refractivity contribution in [3.05, 3.63) is 34.4 Å². The number of aliphatic carboxylic acids is 1. The monoisotopic (exact) mass is 336 g/mol. The number of halogens is 1. The van der Waals surface area contributed by atoms with Gasteiger partial charge in [-0.25, -0.2) is 4.79 Å². The number of amides is 1. The lowest BCUT2D eigenvalue weighted by Gasteiger charge is -2.20. The minimum absolute atomic E-state index is 0.248. The van der Waals surface area contributed by atoms with Crippen LogP contribution in [0.4, 0.5) is 0 Å². The number of H-pyrrole nitrogens is 1. The van der Waals surface area contributed by atoms with Crippen molar-refractivity contribution in [2.45, 2.75) is 18.9 Å². The highest BCUT2D eigenvalue weighted by Crippen LogP contribution is 2.24. The fourth-order valence-corrected chi connectivity index (χ4v) is 3.02. The Morgan fingerprint density at radius 1 is 1.35 bits per heavy atom. The lowest BCUT2D eigenvalue weighted by atomic mass is 10.2. The van der Waals surface area contributed by atoms with Gasteiger partial charge in [0.05, 0.1) is 0 Å². The van der Waals surface area contributed by atoms with Crippen molar-refractivity contribution in [1.82, 2.24) is 9.88 Å². The summed E-state index contributed by atoms with van der Waals surface area (Å²) in [7, 11) is 0. The first kappa shape index (κ1) is 13.2. The van der Waals surface area contributed by atoms with Gasteiger partial charge in [0.1, 0.15) is 11.7 Å². The van der Waals surface area contributed by atoms with E-state index in [1.165, 1.54) is 4.90 Å². The van der Waals surface area contributed by atoms with Crippen molar-refractivity contribution in [2.75, 3.05) is 6.54 Å². The molecule has 0 radical (unpaired) electrons. The van der Waals surface area contributed by atoms with Gasteiger partial charge < -0.3 is 15.0 Å². The predicted octanol–water partition coefficient (Wildman–Crippen LogP) is 2.62. The minimum Gasteiger partial charge on any atom is -0.480 e. The molecule has 0 bridgehead atoms. The standard InChI is InChI=1S/C14H13BrN2O3/c15-9-3-4-10-8(6-9)7-11(16-10)13(18)17-5-1-2-12(17)14(19)20/h3-4,6-7,12,16H,1-2,5H2,(H,19,20)/t12-/m0/s1. The number of nitrogens with one attached hydrogen (secondary N) is 1. The number of aromatic amines is 1. The van der Waals surface area contributed by atoms with Gasteiger partial charge in [-0.05, 0) is 37.1 Å². The molecule has 1 saturated heterocycles. The molecule has 2 aromatic rings. The molecule has 6 heteroatoms. The maximum atomic E-state index is 12.4. The zero-order valence-electron chi connectivity index (χ0n) is 10.6. The average Bonchev–Trinajstić information content (AvgIpc) is 3.03. The number of hydrogen-bond acceptors (Lipinski definition) is 2.